The van der Waals surface area contributed by atoms with Gasteiger partial charge in [-0.05, 0) is 53.2 Å². The molecule has 1 amide bonds. The second-order valence-electron chi connectivity index (χ2n) is 7.34. The van der Waals surface area contributed by atoms with E-state index >= 15 is 0 Å². The van der Waals surface area contributed by atoms with E-state index in [4.69, 9.17) is 0 Å². The van der Waals surface area contributed by atoms with Crippen molar-refractivity contribution in [3.8, 4) is 5.69 Å². The largest absolute Gasteiger partial charge is 0.416 e. The first-order valence-corrected chi connectivity index (χ1v) is 9.93. The molecule has 2 heterocycles. The Kier molecular flexibility index (Phi) is 5.99. The van der Waals surface area contributed by atoms with Crippen LogP contribution in [-0.4, -0.2) is 62.1 Å². The smallest absolute Gasteiger partial charge is 0.337 e. The topological polar surface area (TPSA) is 67.2 Å². The molecule has 1 aromatic heterocycles. The average Bonchev–Trinajstić information content (AvgIpc) is 3.10. The van der Waals surface area contributed by atoms with E-state index in [1.807, 2.05) is 35.2 Å². The summed E-state index contributed by atoms with van der Waals surface area (Å²) in [7, 11) is 0. The van der Waals surface area contributed by atoms with E-state index in [9.17, 15) is 18.0 Å². The van der Waals surface area contributed by atoms with E-state index in [1.165, 1.54) is 16.8 Å². The number of carbonyl (C=O) groups is 1. The molecule has 0 unspecified atom stereocenters. The zero-order valence-corrected chi connectivity index (χ0v) is 16.7. The molecular weight excluding hydrogens is 409 g/mol. The molecule has 3 aromatic rings. The van der Waals surface area contributed by atoms with Gasteiger partial charge in [0, 0.05) is 31.7 Å². The van der Waals surface area contributed by atoms with Gasteiger partial charge in [-0.3, -0.25) is 9.69 Å². The van der Waals surface area contributed by atoms with Crippen molar-refractivity contribution in [2.45, 2.75) is 19.1 Å². The highest BCUT2D eigenvalue weighted by atomic mass is 19.4. The van der Waals surface area contributed by atoms with Gasteiger partial charge in [-0.1, -0.05) is 18.2 Å². The number of nitrogens with zero attached hydrogens (tertiary/aromatic N) is 6. The van der Waals surface area contributed by atoms with Crippen molar-refractivity contribution in [2.75, 3.05) is 26.2 Å². The van der Waals surface area contributed by atoms with Crippen LogP contribution in [0.4, 0.5) is 13.2 Å². The predicted octanol–water partition coefficient (Wildman–Crippen LogP) is 3.03. The van der Waals surface area contributed by atoms with Gasteiger partial charge in [0.25, 0.3) is 5.91 Å². The summed E-state index contributed by atoms with van der Waals surface area (Å²) in [5, 5.41) is 11.7. The standard InChI is InChI=1S/C21H21F3N6O/c22-21(23,24)17-7-9-18(10-8-17)30-19(25-26-27-30)15-28-11-4-12-29(14-13-28)20(31)16-5-2-1-3-6-16/h1-3,5-10H,4,11-15H2. The fraction of sp³-hybridized carbons (Fsp3) is 0.333. The fourth-order valence-electron chi connectivity index (χ4n) is 3.59. The van der Waals surface area contributed by atoms with E-state index in [0.717, 1.165) is 25.1 Å². The van der Waals surface area contributed by atoms with Gasteiger partial charge in [0.15, 0.2) is 5.82 Å². The third kappa shape index (κ3) is 4.91. The summed E-state index contributed by atoms with van der Waals surface area (Å²) in [5.74, 6) is 0.541. The Morgan fingerprint density at radius 3 is 2.39 bits per heavy atom. The first-order valence-electron chi connectivity index (χ1n) is 9.93. The predicted molar refractivity (Wildman–Crippen MR) is 106 cm³/mol. The van der Waals surface area contributed by atoms with Gasteiger partial charge in [0.1, 0.15) is 0 Å². The highest BCUT2D eigenvalue weighted by Crippen LogP contribution is 2.29. The van der Waals surface area contributed by atoms with Crippen LogP contribution in [0.3, 0.4) is 0 Å². The monoisotopic (exact) mass is 430 g/mol. The number of tetrazole rings is 1. The zero-order chi connectivity index (χ0) is 21.8. The van der Waals surface area contributed by atoms with Crippen molar-refractivity contribution in [1.29, 1.82) is 0 Å². The van der Waals surface area contributed by atoms with Gasteiger partial charge in [-0.25, -0.2) is 0 Å². The van der Waals surface area contributed by atoms with Crippen LogP contribution in [0.25, 0.3) is 5.69 Å². The van der Waals surface area contributed by atoms with E-state index in [2.05, 4.69) is 20.4 Å². The highest BCUT2D eigenvalue weighted by Gasteiger charge is 2.30. The molecule has 1 aliphatic rings. The van der Waals surface area contributed by atoms with Crippen molar-refractivity contribution in [1.82, 2.24) is 30.0 Å². The minimum atomic E-state index is -4.39. The molecule has 0 saturated carbocycles. The molecule has 31 heavy (non-hydrogen) atoms. The van der Waals surface area contributed by atoms with Gasteiger partial charge in [-0.2, -0.15) is 17.9 Å². The van der Waals surface area contributed by atoms with Gasteiger partial charge < -0.3 is 4.90 Å². The summed E-state index contributed by atoms with van der Waals surface area (Å²) >= 11 is 0. The number of aromatic nitrogens is 4. The van der Waals surface area contributed by atoms with Crippen molar-refractivity contribution >= 4 is 5.91 Å². The summed E-state index contributed by atoms with van der Waals surface area (Å²) in [6.45, 7) is 3.09. The minimum absolute atomic E-state index is 0.0111. The van der Waals surface area contributed by atoms with Gasteiger partial charge in [0.05, 0.1) is 17.8 Å². The maximum atomic E-state index is 12.8. The van der Waals surface area contributed by atoms with Gasteiger partial charge >= 0.3 is 6.18 Å². The molecule has 0 radical (unpaired) electrons. The Labute approximate surface area is 177 Å². The lowest BCUT2D eigenvalue weighted by Crippen LogP contribution is -2.35. The van der Waals surface area contributed by atoms with E-state index in [0.29, 0.717) is 43.3 Å². The highest BCUT2D eigenvalue weighted by molar-refractivity contribution is 5.94. The SMILES string of the molecule is O=C(c1ccccc1)N1CCCN(Cc2nnnn2-c2ccc(C(F)(F)F)cc2)CC1. The first kappa shape index (κ1) is 21.0. The second kappa shape index (κ2) is 8.84. The van der Waals surface area contributed by atoms with E-state index in [-0.39, 0.29) is 5.91 Å². The lowest BCUT2D eigenvalue weighted by molar-refractivity contribution is -0.137. The van der Waals surface area contributed by atoms with Gasteiger partial charge in [-0.15, -0.1) is 5.10 Å². The molecular formula is C21H21F3N6O. The molecule has 10 heteroatoms. The third-order valence-corrected chi connectivity index (χ3v) is 5.23. The lowest BCUT2D eigenvalue weighted by Gasteiger charge is -2.21. The summed E-state index contributed by atoms with van der Waals surface area (Å²) in [6, 6.07) is 13.9. The summed E-state index contributed by atoms with van der Waals surface area (Å²) in [4.78, 5) is 16.7. The molecule has 1 saturated heterocycles. The number of hydrogen-bond donors (Lipinski definition) is 0. The minimum Gasteiger partial charge on any atom is -0.337 e. The van der Waals surface area contributed by atoms with Gasteiger partial charge in [0.2, 0.25) is 0 Å². The molecule has 0 aliphatic carbocycles. The van der Waals surface area contributed by atoms with Crippen LogP contribution in [0.2, 0.25) is 0 Å². The molecule has 4 rings (SSSR count). The summed E-state index contributed by atoms with van der Waals surface area (Å²) in [5.41, 5.74) is 0.410. The Morgan fingerprint density at radius 1 is 0.935 bits per heavy atom. The van der Waals surface area contributed by atoms with Crippen molar-refractivity contribution in [3.05, 3.63) is 71.5 Å². The number of hydrogen-bond acceptors (Lipinski definition) is 5. The van der Waals surface area contributed by atoms with Crippen LogP contribution in [0.5, 0.6) is 0 Å². The number of benzene rings is 2. The number of amides is 1. The molecule has 0 atom stereocenters. The lowest BCUT2D eigenvalue weighted by atomic mass is 10.2. The normalized spacial score (nSPS) is 15.6. The third-order valence-electron chi connectivity index (χ3n) is 5.23. The molecule has 0 spiro atoms. The Bertz CT molecular complexity index is 1020. The maximum Gasteiger partial charge on any atom is 0.416 e. The van der Waals surface area contributed by atoms with E-state index < -0.39 is 11.7 Å². The van der Waals surface area contributed by atoms with Crippen LogP contribution in [0, 0.1) is 0 Å². The average molecular weight is 430 g/mol. The second-order valence-corrected chi connectivity index (χ2v) is 7.34. The maximum absolute atomic E-state index is 12.8. The molecule has 1 fully saturated rings. The fourth-order valence-corrected chi connectivity index (χ4v) is 3.59. The number of halogens is 3. The number of rotatable bonds is 4. The summed E-state index contributed by atoms with van der Waals surface area (Å²) in [6.07, 6.45) is -3.59. The van der Waals surface area contributed by atoms with Crippen LogP contribution < -0.4 is 0 Å². The molecule has 0 N–H and O–H groups in total. The quantitative estimate of drug-likeness (QED) is 0.637. The Morgan fingerprint density at radius 2 is 1.68 bits per heavy atom. The van der Waals surface area contributed by atoms with Crippen molar-refractivity contribution in [2.24, 2.45) is 0 Å². The molecule has 162 valence electrons. The first-order chi connectivity index (χ1) is 14.9. The zero-order valence-electron chi connectivity index (χ0n) is 16.7. The van der Waals surface area contributed by atoms with E-state index in [1.54, 1.807) is 0 Å². The molecule has 0 bridgehead atoms. The van der Waals surface area contributed by atoms with Crippen LogP contribution in [0.15, 0.2) is 54.6 Å². The van der Waals surface area contributed by atoms with Crippen LogP contribution in [-0.2, 0) is 12.7 Å². The summed E-state index contributed by atoms with van der Waals surface area (Å²) < 4.78 is 39.9. The molecule has 2 aromatic carbocycles. The molecule has 1 aliphatic heterocycles. The number of carbonyl (C=O) groups excluding carboxylic acids is 1. The Balaban J connectivity index is 1.42. The van der Waals surface area contributed by atoms with Crippen LogP contribution >= 0.6 is 0 Å². The van der Waals surface area contributed by atoms with Crippen molar-refractivity contribution < 1.29 is 18.0 Å². The molecule has 7 nitrogen and oxygen atoms in total. The Hall–Kier alpha value is -3.27. The number of alkyl halides is 3. The van der Waals surface area contributed by atoms with Crippen molar-refractivity contribution in [3.63, 3.8) is 0 Å². The van der Waals surface area contributed by atoms with Crippen LogP contribution in [0.1, 0.15) is 28.2 Å².